The highest BCUT2D eigenvalue weighted by atomic mass is 32.2. The van der Waals surface area contributed by atoms with Gasteiger partial charge in [-0.2, -0.15) is 0 Å². The Bertz CT molecular complexity index is 861. The topological polar surface area (TPSA) is 54.5 Å². The van der Waals surface area contributed by atoms with Crippen molar-refractivity contribution in [3.05, 3.63) is 48.6 Å². The molecule has 1 heterocycles. The lowest BCUT2D eigenvalue weighted by atomic mass is 9.69. The van der Waals surface area contributed by atoms with Gasteiger partial charge in [-0.1, -0.05) is 50.3 Å². The van der Waals surface area contributed by atoms with Gasteiger partial charge < -0.3 is 0 Å². The number of fused-ring (bicyclic) bond motifs is 1. The molecule has 146 valence electrons. The second-order valence-electron chi connectivity index (χ2n) is 9.17. The Hall–Kier alpha value is -1.62. The van der Waals surface area contributed by atoms with Gasteiger partial charge in [0.25, 0.3) is 0 Å². The van der Waals surface area contributed by atoms with Crippen molar-refractivity contribution in [3.8, 4) is 0 Å². The molecule has 0 radical (unpaired) electrons. The number of rotatable bonds is 5. The minimum absolute atomic E-state index is 0.0207. The highest BCUT2D eigenvalue weighted by Crippen LogP contribution is 2.70. The van der Waals surface area contributed by atoms with Gasteiger partial charge in [0.15, 0.2) is 0 Å². The summed E-state index contributed by atoms with van der Waals surface area (Å²) in [5, 5.41) is 0. The van der Waals surface area contributed by atoms with Crippen LogP contribution in [-0.2, 0) is 21.2 Å². The van der Waals surface area contributed by atoms with Gasteiger partial charge >= 0.3 is 0 Å². The van der Waals surface area contributed by atoms with Crippen LogP contribution in [0.2, 0.25) is 0 Å². The predicted octanol–water partition coefficient (Wildman–Crippen LogP) is 3.79. The number of nitrogens with zero attached hydrogens (tertiary/aromatic N) is 1. The molecule has 0 aromatic heterocycles. The molecule has 1 spiro atoms. The summed E-state index contributed by atoms with van der Waals surface area (Å²) in [5.74, 6) is 0.0350. The number of hydrogen-bond donors (Lipinski definition) is 0. The molecular weight excluding hydrogens is 358 g/mol. The van der Waals surface area contributed by atoms with E-state index in [4.69, 9.17) is 0 Å². The van der Waals surface area contributed by atoms with E-state index in [9.17, 15) is 13.2 Å². The summed E-state index contributed by atoms with van der Waals surface area (Å²) in [5.41, 5.74) is 0.766. The van der Waals surface area contributed by atoms with Crippen molar-refractivity contribution >= 4 is 15.9 Å². The summed E-state index contributed by atoms with van der Waals surface area (Å²) in [6.07, 6.45) is 5.60. The monoisotopic (exact) mass is 387 g/mol. The van der Waals surface area contributed by atoms with Gasteiger partial charge in [0.1, 0.15) is 0 Å². The molecule has 27 heavy (non-hydrogen) atoms. The molecule has 3 aliphatic rings. The predicted molar refractivity (Wildman–Crippen MR) is 106 cm³/mol. The number of carbonyl (C=O) groups is 1. The van der Waals surface area contributed by atoms with Gasteiger partial charge in [0.2, 0.25) is 15.9 Å². The molecule has 1 amide bonds. The van der Waals surface area contributed by atoms with Gasteiger partial charge in [-0.05, 0) is 49.0 Å². The molecule has 1 saturated heterocycles. The van der Waals surface area contributed by atoms with E-state index in [-0.39, 0.29) is 34.4 Å². The third-order valence-corrected chi connectivity index (χ3v) is 9.67. The minimum Gasteiger partial charge on any atom is -0.273 e. The van der Waals surface area contributed by atoms with Crippen LogP contribution in [0.4, 0.5) is 0 Å². The van der Waals surface area contributed by atoms with Crippen LogP contribution in [-0.4, -0.2) is 30.4 Å². The molecule has 5 heteroatoms. The van der Waals surface area contributed by atoms with Crippen molar-refractivity contribution in [1.29, 1.82) is 0 Å². The maximum absolute atomic E-state index is 13.5. The number of hydrogen-bond acceptors (Lipinski definition) is 3. The van der Waals surface area contributed by atoms with E-state index in [0.29, 0.717) is 18.8 Å². The number of carbonyl (C=O) groups excluding carboxylic acids is 1. The van der Waals surface area contributed by atoms with Crippen LogP contribution in [0.3, 0.4) is 0 Å². The molecule has 2 saturated carbocycles. The summed E-state index contributed by atoms with van der Waals surface area (Å²) >= 11 is 0. The lowest BCUT2D eigenvalue weighted by molar-refractivity contribution is -0.133. The number of allylic oxidation sites excluding steroid dienone is 1. The number of amides is 1. The van der Waals surface area contributed by atoms with E-state index >= 15 is 0 Å². The highest BCUT2D eigenvalue weighted by Gasteiger charge is 2.72. The lowest BCUT2D eigenvalue weighted by Gasteiger charge is -2.37. The van der Waals surface area contributed by atoms with Crippen molar-refractivity contribution in [1.82, 2.24) is 4.31 Å². The van der Waals surface area contributed by atoms with Gasteiger partial charge in [0.05, 0.1) is 11.8 Å². The molecule has 4 rings (SSSR count). The second kappa shape index (κ2) is 6.20. The van der Waals surface area contributed by atoms with Crippen LogP contribution < -0.4 is 0 Å². The Balaban J connectivity index is 1.67. The first-order valence-corrected chi connectivity index (χ1v) is 11.5. The Morgan fingerprint density at radius 3 is 2.67 bits per heavy atom. The van der Waals surface area contributed by atoms with Gasteiger partial charge in [-0.3, -0.25) is 4.79 Å². The summed E-state index contributed by atoms with van der Waals surface area (Å²) in [4.78, 5) is 13.5. The number of sulfonamides is 1. The average Bonchev–Trinajstić information content (AvgIpc) is 3.09. The van der Waals surface area contributed by atoms with Crippen LogP contribution in [0.1, 0.15) is 45.1 Å². The normalized spacial score (nSPS) is 33.6. The van der Waals surface area contributed by atoms with E-state index in [1.54, 1.807) is 6.08 Å². The summed E-state index contributed by atoms with van der Waals surface area (Å²) in [7, 11) is -3.57. The maximum Gasteiger partial charge on any atom is 0.240 e. The van der Waals surface area contributed by atoms with Gasteiger partial charge in [-0.25, -0.2) is 12.7 Å². The van der Waals surface area contributed by atoms with E-state index < -0.39 is 10.0 Å². The van der Waals surface area contributed by atoms with Crippen molar-refractivity contribution in [2.45, 2.75) is 52.0 Å². The van der Waals surface area contributed by atoms with E-state index in [1.807, 2.05) is 30.3 Å². The highest BCUT2D eigenvalue weighted by molar-refractivity contribution is 7.90. The molecule has 2 bridgehead atoms. The Kier molecular flexibility index (Phi) is 4.30. The van der Waals surface area contributed by atoms with Gasteiger partial charge in [0, 0.05) is 11.3 Å². The Morgan fingerprint density at radius 1 is 1.33 bits per heavy atom. The average molecular weight is 388 g/mol. The third-order valence-electron chi connectivity index (χ3n) is 7.75. The fraction of sp³-hybridized carbons (Fsp3) is 0.591. The first-order chi connectivity index (χ1) is 12.7. The van der Waals surface area contributed by atoms with Crippen LogP contribution in [0.15, 0.2) is 43.0 Å². The fourth-order valence-corrected chi connectivity index (χ4v) is 8.73. The Morgan fingerprint density at radius 2 is 2.04 bits per heavy atom. The molecule has 0 N–H and O–H groups in total. The zero-order valence-electron chi connectivity index (χ0n) is 16.2. The molecule has 1 aliphatic heterocycles. The molecule has 1 aromatic carbocycles. The molecule has 4 nitrogen and oxygen atoms in total. The van der Waals surface area contributed by atoms with Crippen LogP contribution >= 0.6 is 0 Å². The molecule has 1 aromatic rings. The third kappa shape index (κ3) is 2.61. The second-order valence-corrected chi connectivity index (χ2v) is 11.0. The van der Waals surface area contributed by atoms with E-state index in [2.05, 4.69) is 20.4 Å². The summed E-state index contributed by atoms with van der Waals surface area (Å²) in [6, 6.07) is 9.66. The van der Waals surface area contributed by atoms with Crippen molar-refractivity contribution in [2.24, 2.45) is 22.7 Å². The van der Waals surface area contributed by atoms with E-state index in [0.717, 1.165) is 24.8 Å². The van der Waals surface area contributed by atoms with Crippen LogP contribution in [0.5, 0.6) is 0 Å². The van der Waals surface area contributed by atoms with Crippen LogP contribution in [0, 0.1) is 22.7 Å². The zero-order chi connectivity index (χ0) is 19.4. The van der Waals surface area contributed by atoms with Crippen LogP contribution in [0.25, 0.3) is 0 Å². The van der Waals surface area contributed by atoms with Gasteiger partial charge in [-0.15, -0.1) is 6.58 Å². The molecule has 2 aliphatic carbocycles. The van der Waals surface area contributed by atoms with Crippen molar-refractivity contribution in [2.75, 3.05) is 5.75 Å². The van der Waals surface area contributed by atoms with Crippen molar-refractivity contribution < 1.29 is 13.2 Å². The molecular formula is C22H29NO3S. The van der Waals surface area contributed by atoms with Crippen molar-refractivity contribution in [3.63, 3.8) is 0 Å². The maximum atomic E-state index is 13.5. The SMILES string of the molecule is C=CC[C@@H](Cc1ccccc1)C(=O)N1[C@@H]2C[C@H]3CC[C@]2(CS1(=O)=O)C3(C)C. The quantitative estimate of drug-likeness (QED) is 0.723. The smallest absolute Gasteiger partial charge is 0.240 e. The molecule has 0 unspecified atom stereocenters. The largest absolute Gasteiger partial charge is 0.273 e. The summed E-state index contributed by atoms with van der Waals surface area (Å²) < 4.78 is 27.6. The fourth-order valence-electron chi connectivity index (χ4n) is 6.13. The molecule has 4 atom stereocenters. The standard InChI is InChI=1S/C22H29NO3S/c1-4-8-17(13-16-9-6-5-7-10-16)20(24)23-19-14-18-11-12-22(19,21(18,2)3)15-27(23,25)26/h4-7,9-10,17-19H,1,8,11-15H2,2-3H3/t17-,18+,19+,22+/m0/s1. The number of benzene rings is 1. The minimum atomic E-state index is -3.57. The Labute approximate surface area is 162 Å². The summed E-state index contributed by atoms with van der Waals surface area (Å²) in [6.45, 7) is 8.21. The lowest BCUT2D eigenvalue weighted by Crippen LogP contribution is -2.46. The first-order valence-electron chi connectivity index (χ1n) is 9.94. The first kappa shape index (κ1) is 18.7. The molecule has 3 fully saturated rings. The van der Waals surface area contributed by atoms with E-state index in [1.165, 1.54) is 4.31 Å². The zero-order valence-corrected chi connectivity index (χ0v) is 17.0.